The molecule has 2 aromatic rings. The molecule has 2 aliphatic rings. The van der Waals surface area contributed by atoms with E-state index in [1.807, 2.05) is 18.2 Å². The highest BCUT2D eigenvalue weighted by Gasteiger charge is 2.27. The van der Waals surface area contributed by atoms with Crippen LogP contribution in [-0.2, 0) is 17.6 Å². The summed E-state index contributed by atoms with van der Waals surface area (Å²) in [7, 11) is 3.08. The third-order valence-corrected chi connectivity index (χ3v) is 6.55. The summed E-state index contributed by atoms with van der Waals surface area (Å²) in [5, 5.41) is 0. The quantitative estimate of drug-likeness (QED) is 0.606. The van der Waals surface area contributed by atoms with Crippen LogP contribution in [0, 0.1) is 0 Å². The van der Waals surface area contributed by atoms with Gasteiger partial charge in [-0.1, -0.05) is 12.1 Å². The number of fused-ring (bicyclic) bond motifs is 1. The summed E-state index contributed by atoms with van der Waals surface area (Å²) in [6, 6.07) is 11.0. The number of carbonyl (C=O) groups is 3. The van der Waals surface area contributed by atoms with Crippen LogP contribution >= 0.6 is 0 Å². The van der Waals surface area contributed by atoms with Gasteiger partial charge in [-0.3, -0.25) is 14.4 Å². The van der Waals surface area contributed by atoms with Crippen LogP contribution in [0.4, 0.5) is 0 Å². The van der Waals surface area contributed by atoms with Gasteiger partial charge in [0.05, 0.1) is 19.8 Å². The Morgan fingerprint density at radius 2 is 1.55 bits per heavy atom. The number of ether oxygens (including phenoxy) is 2. The van der Waals surface area contributed by atoms with Gasteiger partial charge in [0.25, 0.3) is 5.91 Å². The van der Waals surface area contributed by atoms with Crippen molar-refractivity contribution in [1.82, 2.24) is 9.80 Å². The van der Waals surface area contributed by atoms with Crippen molar-refractivity contribution >= 4 is 17.6 Å². The molecule has 0 radical (unpaired) electrons. The minimum Gasteiger partial charge on any atom is -0.497 e. The van der Waals surface area contributed by atoms with E-state index in [1.54, 1.807) is 35.1 Å². The second-order valence-corrected chi connectivity index (χ2v) is 8.50. The van der Waals surface area contributed by atoms with Crippen LogP contribution in [0.1, 0.15) is 51.1 Å². The molecule has 0 saturated carbocycles. The Kier molecular flexibility index (Phi) is 6.96. The molecule has 7 nitrogen and oxygen atoms in total. The fraction of sp³-hybridized carbons (Fsp3) is 0.423. The molecule has 7 heteroatoms. The summed E-state index contributed by atoms with van der Waals surface area (Å²) in [5.74, 6) is 0.918. The van der Waals surface area contributed by atoms with Crippen molar-refractivity contribution in [2.75, 3.05) is 40.4 Å². The Labute approximate surface area is 194 Å². The molecule has 0 unspecified atom stereocenters. The summed E-state index contributed by atoms with van der Waals surface area (Å²) in [6.45, 7) is 1.79. The molecule has 1 aliphatic carbocycles. The molecule has 0 aromatic heterocycles. The average Bonchev–Trinajstić information content (AvgIpc) is 3.34. The summed E-state index contributed by atoms with van der Waals surface area (Å²) < 4.78 is 10.5. The Morgan fingerprint density at radius 1 is 0.818 bits per heavy atom. The minimum absolute atomic E-state index is 0.0125. The first-order valence-electron chi connectivity index (χ1n) is 11.4. The summed E-state index contributed by atoms with van der Waals surface area (Å²) in [5.41, 5.74) is 3.77. The Morgan fingerprint density at radius 3 is 2.27 bits per heavy atom. The average molecular weight is 451 g/mol. The van der Waals surface area contributed by atoms with E-state index in [1.165, 1.54) is 18.2 Å². The van der Waals surface area contributed by atoms with Gasteiger partial charge in [-0.15, -0.1) is 0 Å². The van der Waals surface area contributed by atoms with Gasteiger partial charge in [-0.25, -0.2) is 0 Å². The van der Waals surface area contributed by atoms with E-state index in [4.69, 9.17) is 9.47 Å². The van der Waals surface area contributed by atoms with Crippen LogP contribution in [0.25, 0.3) is 0 Å². The van der Waals surface area contributed by atoms with Crippen LogP contribution in [0.3, 0.4) is 0 Å². The molecular formula is C26H30N2O5. The molecule has 0 bridgehead atoms. The molecule has 0 atom stereocenters. The highest BCUT2D eigenvalue weighted by atomic mass is 16.5. The Bertz CT molecular complexity index is 1060. The zero-order valence-electron chi connectivity index (χ0n) is 19.3. The number of hydrogen-bond acceptors (Lipinski definition) is 5. The summed E-state index contributed by atoms with van der Waals surface area (Å²) >= 11 is 0. The van der Waals surface area contributed by atoms with Gasteiger partial charge in [0.2, 0.25) is 5.91 Å². The van der Waals surface area contributed by atoms with Crippen molar-refractivity contribution in [2.24, 2.45) is 0 Å². The first-order valence-corrected chi connectivity index (χ1v) is 11.4. The molecule has 2 amide bonds. The maximum Gasteiger partial charge on any atom is 0.257 e. The smallest absolute Gasteiger partial charge is 0.257 e. The van der Waals surface area contributed by atoms with Crippen LogP contribution in [0.15, 0.2) is 36.4 Å². The second kappa shape index (κ2) is 10.1. The van der Waals surface area contributed by atoms with Gasteiger partial charge >= 0.3 is 0 Å². The van der Waals surface area contributed by atoms with Crippen molar-refractivity contribution < 1.29 is 23.9 Å². The zero-order valence-corrected chi connectivity index (χ0v) is 19.3. The molecule has 2 aromatic carbocycles. The number of rotatable bonds is 7. The van der Waals surface area contributed by atoms with Gasteiger partial charge < -0.3 is 19.3 Å². The predicted octanol–water partition coefficient (Wildman–Crippen LogP) is 3.14. The first-order chi connectivity index (χ1) is 16.0. The van der Waals surface area contributed by atoms with Gasteiger partial charge in [0.15, 0.2) is 5.78 Å². The molecule has 174 valence electrons. The van der Waals surface area contributed by atoms with E-state index in [2.05, 4.69) is 0 Å². The normalized spacial score (nSPS) is 15.2. The topological polar surface area (TPSA) is 76.2 Å². The largest absolute Gasteiger partial charge is 0.497 e. The lowest BCUT2D eigenvalue weighted by atomic mass is 10.0. The molecule has 0 spiro atoms. The van der Waals surface area contributed by atoms with E-state index >= 15 is 0 Å². The lowest BCUT2D eigenvalue weighted by molar-refractivity contribution is -0.132. The number of nitrogens with zero attached hydrogens (tertiary/aromatic N) is 2. The monoisotopic (exact) mass is 450 g/mol. The number of carbonyl (C=O) groups excluding carboxylic acids is 3. The number of Topliss-reactive ketones (excluding diaryl/α,β-unsaturated/α-hetero) is 1. The third kappa shape index (κ3) is 5.02. The molecule has 33 heavy (non-hydrogen) atoms. The van der Waals surface area contributed by atoms with Crippen molar-refractivity contribution in [3.63, 3.8) is 0 Å². The number of aryl methyl sites for hydroxylation is 2. The van der Waals surface area contributed by atoms with Gasteiger partial charge in [0.1, 0.15) is 11.5 Å². The maximum absolute atomic E-state index is 13.0. The fourth-order valence-corrected chi connectivity index (χ4v) is 4.57. The van der Waals surface area contributed by atoms with Gasteiger partial charge in [-0.2, -0.15) is 0 Å². The Hall–Kier alpha value is -3.35. The molecule has 1 saturated heterocycles. The van der Waals surface area contributed by atoms with Crippen LogP contribution in [0.2, 0.25) is 0 Å². The van der Waals surface area contributed by atoms with E-state index in [0.717, 1.165) is 19.3 Å². The predicted molar refractivity (Wildman–Crippen MR) is 124 cm³/mol. The van der Waals surface area contributed by atoms with E-state index in [9.17, 15) is 14.4 Å². The number of hydrogen-bond donors (Lipinski definition) is 0. The molecule has 4 rings (SSSR count). The van der Waals surface area contributed by atoms with Crippen LogP contribution in [-0.4, -0.2) is 67.8 Å². The number of benzene rings is 2. The van der Waals surface area contributed by atoms with E-state index in [0.29, 0.717) is 48.8 Å². The number of methoxy groups -OCH3 is 2. The fourth-order valence-electron chi connectivity index (χ4n) is 4.57. The Balaban J connectivity index is 1.28. The maximum atomic E-state index is 13.0. The van der Waals surface area contributed by atoms with Gasteiger partial charge in [-0.05, 0) is 48.6 Å². The van der Waals surface area contributed by atoms with Crippen LogP contribution < -0.4 is 9.47 Å². The lowest BCUT2D eigenvalue weighted by Crippen LogP contribution is -2.50. The molecule has 0 N–H and O–H groups in total. The third-order valence-electron chi connectivity index (χ3n) is 6.55. The van der Waals surface area contributed by atoms with E-state index in [-0.39, 0.29) is 30.4 Å². The lowest BCUT2D eigenvalue weighted by Gasteiger charge is -2.35. The molecular weight excluding hydrogens is 420 g/mol. The zero-order chi connectivity index (χ0) is 23.4. The van der Waals surface area contributed by atoms with Crippen LogP contribution in [0.5, 0.6) is 11.5 Å². The molecule has 1 fully saturated rings. The van der Waals surface area contributed by atoms with Crippen molar-refractivity contribution in [3.05, 3.63) is 58.7 Å². The number of piperazine rings is 1. The first kappa shape index (κ1) is 22.8. The number of ketones is 1. The minimum atomic E-state index is -0.131. The van der Waals surface area contributed by atoms with Gasteiger partial charge in [0, 0.05) is 50.7 Å². The highest BCUT2D eigenvalue weighted by molar-refractivity contribution is 5.98. The molecule has 1 aliphatic heterocycles. The second-order valence-electron chi connectivity index (χ2n) is 8.50. The van der Waals surface area contributed by atoms with E-state index < -0.39 is 0 Å². The number of amides is 2. The van der Waals surface area contributed by atoms with Crippen molar-refractivity contribution in [2.45, 2.75) is 32.1 Å². The summed E-state index contributed by atoms with van der Waals surface area (Å²) in [4.78, 5) is 41.7. The summed E-state index contributed by atoms with van der Waals surface area (Å²) in [6.07, 6.45) is 3.66. The van der Waals surface area contributed by atoms with Crippen molar-refractivity contribution in [1.29, 1.82) is 0 Å². The molecule has 1 heterocycles. The standard InChI is InChI=1S/C26H30N2O5/c1-32-21-8-9-22(24(17-21)33-2)26(31)28-14-12-27(13-15-28)25(30)11-10-23(29)20-7-6-18-4-3-5-19(18)16-20/h6-9,16-17H,3-5,10-15H2,1-2H3. The SMILES string of the molecule is COc1ccc(C(=O)N2CCN(C(=O)CCC(=O)c3ccc4c(c3)CCC4)CC2)c(OC)c1. The van der Waals surface area contributed by atoms with Crippen molar-refractivity contribution in [3.8, 4) is 11.5 Å². The highest BCUT2D eigenvalue weighted by Crippen LogP contribution is 2.26.